The zero-order valence-corrected chi connectivity index (χ0v) is 23.2. The van der Waals surface area contributed by atoms with Crippen LogP contribution in [-0.2, 0) is 10.9 Å². The van der Waals surface area contributed by atoms with Gasteiger partial charge in [0, 0.05) is 50.0 Å². The van der Waals surface area contributed by atoms with Gasteiger partial charge in [0.1, 0.15) is 0 Å². The maximum Gasteiger partial charge on any atom is 0.416 e. The molecule has 0 atom stereocenters. The van der Waals surface area contributed by atoms with E-state index in [4.69, 9.17) is 4.74 Å². The summed E-state index contributed by atoms with van der Waals surface area (Å²) in [6.45, 7) is 8.16. The van der Waals surface area contributed by atoms with Crippen molar-refractivity contribution in [2.24, 2.45) is 0 Å². The molecule has 2 amide bonds. The minimum atomic E-state index is -4.57. The molecular weight excluding hydrogens is 537 g/mol. The second-order valence-corrected chi connectivity index (χ2v) is 9.91. The van der Waals surface area contributed by atoms with Crippen molar-refractivity contribution in [1.29, 1.82) is 0 Å². The number of aromatic nitrogens is 2. The minimum absolute atomic E-state index is 0.102. The number of hydrogen-bond donors (Lipinski definition) is 2. The summed E-state index contributed by atoms with van der Waals surface area (Å²) in [5.41, 5.74) is 0.452. The Balaban J connectivity index is 1.37. The van der Waals surface area contributed by atoms with Gasteiger partial charge in [-0.05, 0) is 55.7 Å². The van der Waals surface area contributed by atoms with Gasteiger partial charge in [-0.25, -0.2) is 9.97 Å². The first-order chi connectivity index (χ1) is 19.5. The van der Waals surface area contributed by atoms with Crippen molar-refractivity contribution in [2.75, 3.05) is 62.0 Å². The lowest BCUT2D eigenvalue weighted by atomic mass is 10.0. The highest BCUT2D eigenvalue weighted by atomic mass is 19.4. The number of amides is 2. The molecule has 0 spiro atoms. The van der Waals surface area contributed by atoms with Crippen LogP contribution in [0.1, 0.15) is 43.8 Å². The number of carbonyl (C=O) groups excluding carboxylic acids is 2. The molecule has 3 aromatic rings. The van der Waals surface area contributed by atoms with Crippen LogP contribution < -0.4 is 15.5 Å². The number of halogens is 3. The lowest BCUT2D eigenvalue weighted by Crippen LogP contribution is -2.38. The van der Waals surface area contributed by atoms with Gasteiger partial charge in [-0.1, -0.05) is 12.1 Å². The number of alkyl halides is 3. The van der Waals surface area contributed by atoms with Crippen molar-refractivity contribution in [3.05, 3.63) is 76.6 Å². The van der Waals surface area contributed by atoms with Crippen molar-refractivity contribution < 1.29 is 27.5 Å². The summed E-state index contributed by atoms with van der Waals surface area (Å²) in [5.74, 6) is -0.610. The summed E-state index contributed by atoms with van der Waals surface area (Å²) >= 11 is 0. The summed E-state index contributed by atoms with van der Waals surface area (Å²) in [5, 5.41) is 5.35. The number of rotatable bonds is 9. The van der Waals surface area contributed by atoms with Gasteiger partial charge < -0.3 is 20.3 Å². The number of hydrogen-bond acceptors (Lipinski definition) is 7. The first-order valence-electron chi connectivity index (χ1n) is 13.3. The predicted molar refractivity (Wildman–Crippen MR) is 150 cm³/mol. The van der Waals surface area contributed by atoms with E-state index in [0.717, 1.165) is 51.9 Å². The zero-order chi connectivity index (χ0) is 29.6. The molecule has 0 unspecified atom stereocenters. The predicted octanol–water partition coefficient (Wildman–Crippen LogP) is 4.78. The Labute approximate surface area is 236 Å². The number of nitrogens with zero attached hydrogens (tertiary/aromatic N) is 4. The van der Waals surface area contributed by atoms with E-state index >= 15 is 0 Å². The summed E-state index contributed by atoms with van der Waals surface area (Å²) in [6, 6.07) is 8.15. The van der Waals surface area contributed by atoms with Crippen molar-refractivity contribution >= 4 is 29.1 Å². The number of nitrogens with one attached hydrogen (secondary N) is 2. The summed E-state index contributed by atoms with van der Waals surface area (Å²) in [7, 11) is 1.91. The van der Waals surface area contributed by atoms with Gasteiger partial charge in [0.25, 0.3) is 11.8 Å². The molecule has 1 aliphatic heterocycles. The van der Waals surface area contributed by atoms with E-state index in [1.54, 1.807) is 19.1 Å². The molecule has 41 heavy (non-hydrogen) atoms. The molecule has 0 aliphatic carbocycles. The molecule has 2 N–H and O–H groups in total. The average molecular weight is 571 g/mol. The van der Waals surface area contributed by atoms with Crippen molar-refractivity contribution in [3.8, 4) is 0 Å². The SMILES string of the molecule is Cc1ccc(NC(=O)c2cccc(C(F)(F)F)c2C)cc1C(=O)Nc1cnc(N(C)CCCN2CCOCC2)nc1. The molecule has 218 valence electrons. The smallest absolute Gasteiger partial charge is 0.379 e. The van der Waals surface area contributed by atoms with E-state index in [2.05, 4.69) is 25.5 Å². The van der Waals surface area contributed by atoms with Crippen LogP contribution in [0.25, 0.3) is 0 Å². The van der Waals surface area contributed by atoms with E-state index in [0.29, 0.717) is 17.2 Å². The van der Waals surface area contributed by atoms with Crippen LogP contribution in [0.2, 0.25) is 0 Å². The normalized spacial score (nSPS) is 14.0. The molecule has 9 nitrogen and oxygen atoms in total. The van der Waals surface area contributed by atoms with Crippen LogP contribution in [0.5, 0.6) is 0 Å². The summed E-state index contributed by atoms with van der Waals surface area (Å²) in [4.78, 5) is 38.9. The average Bonchev–Trinajstić information content (AvgIpc) is 2.94. The molecule has 0 bridgehead atoms. The second-order valence-electron chi connectivity index (χ2n) is 9.91. The Hall–Kier alpha value is -4.03. The first-order valence-corrected chi connectivity index (χ1v) is 13.3. The summed E-state index contributed by atoms with van der Waals surface area (Å²) < 4.78 is 45.2. The molecule has 4 rings (SSSR count). The lowest BCUT2D eigenvalue weighted by molar-refractivity contribution is -0.138. The fourth-order valence-corrected chi connectivity index (χ4v) is 4.57. The van der Waals surface area contributed by atoms with Crippen molar-refractivity contribution in [2.45, 2.75) is 26.4 Å². The summed E-state index contributed by atoms with van der Waals surface area (Å²) in [6.07, 6.45) is -0.570. The highest BCUT2D eigenvalue weighted by molar-refractivity contribution is 6.08. The highest BCUT2D eigenvalue weighted by Crippen LogP contribution is 2.33. The number of morpholine rings is 1. The van der Waals surface area contributed by atoms with Crippen LogP contribution in [0.4, 0.5) is 30.5 Å². The Morgan fingerprint density at radius 3 is 2.32 bits per heavy atom. The molecule has 0 radical (unpaired) electrons. The maximum absolute atomic E-state index is 13.3. The molecule has 2 heterocycles. The second kappa shape index (κ2) is 13.1. The van der Waals surface area contributed by atoms with E-state index in [1.807, 2.05) is 11.9 Å². The minimum Gasteiger partial charge on any atom is -0.379 e. The molecule has 1 aliphatic rings. The van der Waals surface area contributed by atoms with Crippen molar-refractivity contribution in [3.63, 3.8) is 0 Å². The first kappa shape index (κ1) is 29.9. The molecule has 1 saturated heterocycles. The zero-order valence-electron chi connectivity index (χ0n) is 23.2. The molecule has 2 aromatic carbocycles. The number of ether oxygens (including phenoxy) is 1. The highest BCUT2D eigenvalue weighted by Gasteiger charge is 2.33. The number of carbonyl (C=O) groups is 2. The lowest BCUT2D eigenvalue weighted by Gasteiger charge is -2.27. The molecule has 0 saturated carbocycles. The van der Waals surface area contributed by atoms with Gasteiger partial charge in [0.15, 0.2) is 0 Å². The van der Waals surface area contributed by atoms with Crippen LogP contribution in [-0.4, -0.2) is 73.1 Å². The number of aryl methyl sites for hydroxylation is 1. The third kappa shape index (κ3) is 7.80. The number of benzene rings is 2. The number of anilines is 3. The quantitative estimate of drug-likeness (QED) is 0.382. The van der Waals surface area contributed by atoms with Crippen LogP contribution in [0.3, 0.4) is 0 Å². The van der Waals surface area contributed by atoms with Gasteiger partial charge in [0.05, 0.1) is 36.9 Å². The van der Waals surface area contributed by atoms with Gasteiger partial charge in [-0.3, -0.25) is 14.5 Å². The fourth-order valence-electron chi connectivity index (χ4n) is 4.57. The van der Waals surface area contributed by atoms with Gasteiger partial charge in [-0.2, -0.15) is 13.2 Å². The van der Waals surface area contributed by atoms with Crippen molar-refractivity contribution in [1.82, 2.24) is 14.9 Å². The Kier molecular flexibility index (Phi) is 9.56. The van der Waals surface area contributed by atoms with Gasteiger partial charge in [-0.15, -0.1) is 0 Å². The van der Waals surface area contributed by atoms with E-state index < -0.39 is 23.6 Å². The standard InChI is InChI=1S/C29H33F3N6O3/c1-19-8-9-21(35-26(39)23-6-4-7-25(20(23)2)29(30,31)32)16-24(19)27(40)36-22-17-33-28(34-18-22)37(3)10-5-11-38-12-14-41-15-13-38/h4,6-9,16-18H,5,10-15H2,1-3H3,(H,35,39)(H,36,40). The van der Waals surface area contributed by atoms with Crippen LogP contribution in [0.15, 0.2) is 48.8 Å². The van der Waals surface area contributed by atoms with Gasteiger partial charge in [0.2, 0.25) is 5.95 Å². The van der Waals surface area contributed by atoms with E-state index in [1.165, 1.54) is 37.5 Å². The van der Waals surface area contributed by atoms with Crippen LogP contribution in [0, 0.1) is 13.8 Å². The van der Waals surface area contributed by atoms with E-state index in [-0.39, 0.29) is 22.4 Å². The third-order valence-electron chi connectivity index (χ3n) is 6.93. The van der Waals surface area contributed by atoms with Crippen LogP contribution >= 0.6 is 0 Å². The largest absolute Gasteiger partial charge is 0.416 e. The Morgan fingerprint density at radius 2 is 1.63 bits per heavy atom. The molecule has 1 aromatic heterocycles. The van der Waals surface area contributed by atoms with Gasteiger partial charge >= 0.3 is 6.18 Å². The maximum atomic E-state index is 13.3. The molecule has 1 fully saturated rings. The fraction of sp³-hybridized carbons (Fsp3) is 0.379. The monoisotopic (exact) mass is 570 g/mol. The molecule has 12 heteroatoms. The third-order valence-corrected chi connectivity index (χ3v) is 6.93. The topological polar surface area (TPSA) is 99.7 Å². The van der Waals surface area contributed by atoms with E-state index in [9.17, 15) is 22.8 Å². The Morgan fingerprint density at radius 1 is 0.976 bits per heavy atom. The molecular formula is C29H33F3N6O3. The Bertz CT molecular complexity index is 1380.